The number of fused-ring (bicyclic) bond motifs is 7. The van der Waals surface area contributed by atoms with Crippen LogP contribution in [0.5, 0.6) is 0 Å². The summed E-state index contributed by atoms with van der Waals surface area (Å²) in [6.45, 7) is 11.8. The van der Waals surface area contributed by atoms with Crippen molar-refractivity contribution in [3.8, 4) is 0 Å². The molecule has 0 aromatic carbocycles. The summed E-state index contributed by atoms with van der Waals surface area (Å²) in [7, 11) is 3.95. The van der Waals surface area contributed by atoms with E-state index in [1.54, 1.807) is 0 Å². The van der Waals surface area contributed by atoms with Crippen molar-refractivity contribution in [2.75, 3.05) is 27.2 Å². The molecule has 6 fully saturated rings. The van der Waals surface area contributed by atoms with Crippen LogP contribution in [0.15, 0.2) is 0 Å². The molecule has 2 saturated heterocycles. The van der Waals surface area contributed by atoms with Crippen molar-refractivity contribution in [1.82, 2.24) is 15.5 Å². The Hall–Kier alpha value is -0.650. The van der Waals surface area contributed by atoms with Crippen LogP contribution in [0.4, 0.5) is 0 Å². The van der Waals surface area contributed by atoms with Crippen molar-refractivity contribution in [3.05, 3.63) is 0 Å². The smallest absolute Gasteiger partial charge is 0.234 e. The molecular formula is C31H53N3O2. The number of piperidine rings is 1. The van der Waals surface area contributed by atoms with Crippen molar-refractivity contribution < 1.29 is 9.53 Å². The third-order valence-corrected chi connectivity index (χ3v) is 13.0. The van der Waals surface area contributed by atoms with Gasteiger partial charge >= 0.3 is 0 Å². The number of carbonyl (C=O) groups excluding carboxylic acids is 1. The zero-order valence-electron chi connectivity index (χ0n) is 23.9. The molecule has 6 rings (SSSR count). The fourth-order valence-electron chi connectivity index (χ4n) is 11.1. The number of ether oxygens (including phenoxy) is 1. The molecule has 204 valence electrons. The molecule has 0 aromatic heterocycles. The molecule has 0 bridgehead atoms. The summed E-state index contributed by atoms with van der Waals surface area (Å²) in [4.78, 5) is 14.4. The van der Waals surface area contributed by atoms with E-state index in [-0.39, 0.29) is 11.6 Å². The van der Waals surface area contributed by atoms with E-state index in [0.717, 1.165) is 48.5 Å². The van der Waals surface area contributed by atoms with Gasteiger partial charge in [0.1, 0.15) is 5.72 Å². The molecular weight excluding hydrogens is 446 g/mol. The van der Waals surface area contributed by atoms with E-state index < -0.39 is 0 Å². The fourth-order valence-corrected chi connectivity index (χ4v) is 11.1. The first-order valence-electron chi connectivity index (χ1n) is 15.4. The zero-order chi connectivity index (χ0) is 25.5. The van der Waals surface area contributed by atoms with Crippen LogP contribution in [0.25, 0.3) is 0 Å². The van der Waals surface area contributed by atoms with E-state index in [1.807, 2.05) is 19.0 Å². The Labute approximate surface area is 220 Å². The van der Waals surface area contributed by atoms with Gasteiger partial charge in [0, 0.05) is 18.5 Å². The van der Waals surface area contributed by atoms with E-state index in [4.69, 9.17) is 4.74 Å². The van der Waals surface area contributed by atoms with Gasteiger partial charge in [-0.15, -0.1) is 0 Å². The van der Waals surface area contributed by atoms with Crippen molar-refractivity contribution in [2.45, 2.75) is 110 Å². The average Bonchev–Trinajstić information content (AvgIpc) is 3.26. The quantitative estimate of drug-likeness (QED) is 0.570. The maximum absolute atomic E-state index is 12.4. The second-order valence-corrected chi connectivity index (χ2v) is 15.1. The molecule has 0 unspecified atom stereocenters. The van der Waals surface area contributed by atoms with E-state index in [9.17, 15) is 4.79 Å². The predicted molar refractivity (Wildman–Crippen MR) is 144 cm³/mol. The summed E-state index contributed by atoms with van der Waals surface area (Å²) < 4.78 is 7.07. The maximum atomic E-state index is 12.4. The highest BCUT2D eigenvalue weighted by Crippen LogP contribution is 2.71. The normalized spacial score (nSPS) is 54.0. The maximum Gasteiger partial charge on any atom is 0.234 e. The van der Waals surface area contributed by atoms with Crippen molar-refractivity contribution in [1.29, 1.82) is 0 Å². The third kappa shape index (κ3) is 3.84. The van der Waals surface area contributed by atoms with Gasteiger partial charge in [-0.2, -0.15) is 0 Å². The first-order valence-corrected chi connectivity index (χ1v) is 15.4. The van der Waals surface area contributed by atoms with Crippen LogP contribution in [-0.4, -0.2) is 55.9 Å². The molecule has 5 heteroatoms. The number of carbonyl (C=O) groups is 1. The van der Waals surface area contributed by atoms with Gasteiger partial charge in [-0.05, 0) is 125 Å². The second kappa shape index (κ2) is 8.95. The molecule has 0 radical (unpaired) electrons. The molecule has 6 aliphatic rings. The number of amides is 1. The van der Waals surface area contributed by atoms with E-state index in [1.165, 1.54) is 57.8 Å². The Morgan fingerprint density at radius 1 is 0.972 bits per heavy atom. The minimum absolute atomic E-state index is 0.0499. The van der Waals surface area contributed by atoms with E-state index in [2.05, 4.69) is 38.3 Å². The van der Waals surface area contributed by atoms with Gasteiger partial charge in [0.05, 0.1) is 12.6 Å². The van der Waals surface area contributed by atoms with Crippen LogP contribution >= 0.6 is 0 Å². The summed E-state index contributed by atoms with van der Waals surface area (Å²) in [5.74, 6) is 5.66. The highest BCUT2D eigenvalue weighted by Gasteiger charge is 2.68. The van der Waals surface area contributed by atoms with Gasteiger partial charge < -0.3 is 15.0 Å². The van der Waals surface area contributed by atoms with Gasteiger partial charge in [-0.25, -0.2) is 0 Å². The van der Waals surface area contributed by atoms with Gasteiger partial charge in [0.2, 0.25) is 5.91 Å². The first kappa shape index (κ1) is 25.6. The summed E-state index contributed by atoms with van der Waals surface area (Å²) in [6, 6.07) is 0.378. The molecule has 2 aliphatic heterocycles. The topological polar surface area (TPSA) is 53.6 Å². The van der Waals surface area contributed by atoms with Crippen LogP contribution in [0.2, 0.25) is 0 Å². The molecule has 12 atom stereocenters. The Morgan fingerprint density at radius 3 is 2.47 bits per heavy atom. The number of hydrogen-bond donors (Lipinski definition) is 2. The summed E-state index contributed by atoms with van der Waals surface area (Å²) in [5.41, 5.74) is 0.852. The number of hydrogen-bond acceptors (Lipinski definition) is 4. The highest BCUT2D eigenvalue weighted by molar-refractivity contribution is 5.78. The van der Waals surface area contributed by atoms with Gasteiger partial charge in [0.15, 0.2) is 0 Å². The molecule has 1 spiro atoms. The van der Waals surface area contributed by atoms with Crippen LogP contribution in [0.3, 0.4) is 0 Å². The Kier molecular flexibility index (Phi) is 6.37. The largest absolute Gasteiger partial charge is 0.357 e. The molecule has 5 nitrogen and oxygen atoms in total. The molecule has 2 heterocycles. The number of nitrogens with zero attached hydrogens (tertiary/aromatic N) is 1. The third-order valence-electron chi connectivity index (χ3n) is 13.0. The second-order valence-electron chi connectivity index (χ2n) is 15.1. The number of nitrogens with one attached hydrogen (secondary N) is 2. The zero-order valence-corrected chi connectivity index (χ0v) is 23.9. The Balaban J connectivity index is 1.15. The lowest BCUT2D eigenvalue weighted by atomic mass is 9.44. The summed E-state index contributed by atoms with van der Waals surface area (Å²) >= 11 is 0. The van der Waals surface area contributed by atoms with E-state index >= 15 is 0 Å². The van der Waals surface area contributed by atoms with Crippen LogP contribution in [0.1, 0.15) is 91.9 Å². The lowest BCUT2D eigenvalue weighted by Crippen LogP contribution is -2.58. The lowest BCUT2D eigenvalue weighted by molar-refractivity contribution is -0.136. The minimum Gasteiger partial charge on any atom is -0.357 e. The Bertz CT molecular complexity index is 853. The predicted octanol–water partition coefficient (Wildman–Crippen LogP) is 5.05. The summed E-state index contributed by atoms with van der Waals surface area (Å²) in [5, 5.41) is 7.28. The van der Waals surface area contributed by atoms with Crippen molar-refractivity contribution in [3.63, 3.8) is 0 Å². The minimum atomic E-state index is -0.0499. The van der Waals surface area contributed by atoms with Crippen molar-refractivity contribution >= 4 is 5.91 Å². The SMILES string of the molecule is C[C@@H]1CC[C@@]2(NC1)O[C@H]1C[C@H]3[C@@H]4CC[C@H]5C[C@@H](NC(=O)CN(C)C)CC[C@]5(C)[C@H]4CC[C@]3(C)[C@H]1[C@@H]2C. The van der Waals surface area contributed by atoms with Crippen molar-refractivity contribution in [2.24, 2.45) is 52.3 Å². The monoisotopic (exact) mass is 499 g/mol. The van der Waals surface area contributed by atoms with Crippen LogP contribution in [0, 0.1) is 52.3 Å². The number of likely N-dealkylation sites (N-methyl/N-ethyl adjacent to an activating group) is 1. The molecule has 0 aromatic rings. The first-order chi connectivity index (χ1) is 17.1. The Morgan fingerprint density at radius 2 is 1.75 bits per heavy atom. The fraction of sp³-hybridized carbons (Fsp3) is 0.968. The lowest BCUT2D eigenvalue weighted by Gasteiger charge is -2.61. The van der Waals surface area contributed by atoms with Gasteiger partial charge in [-0.1, -0.05) is 27.7 Å². The molecule has 1 amide bonds. The molecule has 4 aliphatic carbocycles. The summed E-state index contributed by atoms with van der Waals surface area (Å²) in [6.07, 6.45) is 13.5. The average molecular weight is 500 g/mol. The van der Waals surface area contributed by atoms with Crippen LogP contribution in [-0.2, 0) is 9.53 Å². The highest BCUT2D eigenvalue weighted by atomic mass is 16.5. The molecule has 4 saturated carbocycles. The molecule has 36 heavy (non-hydrogen) atoms. The van der Waals surface area contributed by atoms with E-state index in [0.29, 0.717) is 35.4 Å². The standard InChI is InChI=1S/C31H53N3O2/c1-19-9-14-31(32-17-19)20(2)28-26(36-31)16-25-23-8-7-21-15-22(33-27(35)18-34(5)6)10-12-29(21,3)24(23)11-13-30(25,28)4/h19-26,28,32H,7-18H2,1-6H3,(H,33,35)/t19-,20+,21+,22+,23-,24+,25+,26+,28+,29+,30+,31-/m1/s1. The molecule has 2 N–H and O–H groups in total. The number of rotatable bonds is 3. The van der Waals surface area contributed by atoms with Gasteiger partial charge in [-0.3, -0.25) is 10.1 Å². The van der Waals surface area contributed by atoms with Gasteiger partial charge in [0.25, 0.3) is 0 Å². The van der Waals surface area contributed by atoms with Crippen LogP contribution < -0.4 is 10.6 Å².